The molecule has 0 fully saturated rings. The van der Waals surface area contributed by atoms with Gasteiger partial charge in [0, 0.05) is 6.42 Å². The highest BCUT2D eigenvalue weighted by Gasteiger charge is 2.00. The zero-order valence-electron chi connectivity index (χ0n) is 4.91. The second-order valence-corrected chi connectivity index (χ2v) is 3.19. The predicted octanol–water partition coefficient (Wildman–Crippen LogP) is 2.50. The number of aromatic amines is 1. The Hall–Kier alpha value is 0.170. The third kappa shape index (κ3) is 1.55. The molecule has 1 aromatic heterocycles. The summed E-state index contributed by atoms with van der Waals surface area (Å²) >= 11 is 6.56. The number of nitrogens with zero attached hydrogens (tertiary/aromatic N) is 1. The number of hydrogen-bond donors (Lipinski definition) is 1. The minimum Gasteiger partial charge on any atom is -0.336 e. The average Bonchev–Trinajstić information content (AvgIpc) is 2.13. The van der Waals surface area contributed by atoms with Crippen molar-refractivity contribution >= 4 is 31.9 Å². The summed E-state index contributed by atoms with van der Waals surface area (Å²) in [5.41, 5.74) is 0. The van der Waals surface area contributed by atoms with E-state index in [1.54, 1.807) is 0 Å². The molecule has 0 amide bonds. The Balaban J connectivity index is 2.98. The van der Waals surface area contributed by atoms with Gasteiger partial charge in [-0.05, 0) is 31.9 Å². The summed E-state index contributed by atoms with van der Waals surface area (Å²) in [6.07, 6.45) is 0.935. The molecule has 0 unspecified atom stereocenters. The van der Waals surface area contributed by atoms with Gasteiger partial charge in [-0.2, -0.15) is 0 Å². The first-order valence-electron chi connectivity index (χ1n) is 2.64. The molecule has 0 saturated heterocycles. The average molecular weight is 254 g/mol. The van der Waals surface area contributed by atoms with Crippen molar-refractivity contribution < 1.29 is 0 Å². The summed E-state index contributed by atoms with van der Waals surface area (Å²) in [5.74, 6) is 0.994. The van der Waals surface area contributed by atoms with Crippen molar-refractivity contribution in [2.75, 3.05) is 0 Å². The van der Waals surface area contributed by atoms with Gasteiger partial charge in [0.1, 0.15) is 15.0 Å². The highest BCUT2D eigenvalue weighted by atomic mass is 79.9. The van der Waals surface area contributed by atoms with Crippen LogP contribution in [0.25, 0.3) is 0 Å². The van der Waals surface area contributed by atoms with Gasteiger partial charge in [0.15, 0.2) is 0 Å². The lowest BCUT2D eigenvalue weighted by atomic mass is 10.5. The summed E-state index contributed by atoms with van der Waals surface area (Å²) in [6.45, 7) is 2.05. The molecule has 9 heavy (non-hydrogen) atoms. The second-order valence-electron chi connectivity index (χ2n) is 1.64. The van der Waals surface area contributed by atoms with Crippen LogP contribution in [0.15, 0.2) is 9.21 Å². The first kappa shape index (κ1) is 7.28. The van der Waals surface area contributed by atoms with Crippen molar-refractivity contribution in [3.05, 3.63) is 15.0 Å². The van der Waals surface area contributed by atoms with Gasteiger partial charge in [-0.1, -0.05) is 6.92 Å². The molecule has 1 N–H and O–H groups in total. The van der Waals surface area contributed by atoms with Crippen LogP contribution < -0.4 is 0 Å². The third-order valence-corrected chi connectivity index (χ3v) is 2.68. The number of nitrogens with one attached hydrogen (secondary N) is 1. The maximum atomic E-state index is 4.14. The second kappa shape index (κ2) is 2.84. The molecule has 0 aliphatic heterocycles. The molecule has 50 valence electrons. The molecule has 0 spiro atoms. The van der Waals surface area contributed by atoms with Crippen LogP contribution in [0.5, 0.6) is 0 Å². The van der Waals surface area contributed by atoms with Crippen LogP contribution in [-0.4, -0.2) is 9.97 Å². The van der Waals surface area contributed by atoms with Crippen LogP contribution in [0.3, 0.4) is 0 Å². The van der Waals surface area contributed by atoms with Crippen LogP contribution >= 0.6 is 31.9 Å². The zero-order valence-corrected chi connectivity index (χ0v) is 8.08. The van der Waals surface area contributed by atoms with Gasteiger partial charge in [-0.3, -0.25) is 0 Å². The number of aromatic nitrogens is 2. The van der Waals surface area contributed by atoms with Gasteiger partial charge >= 0.3 is 0 Å². The lowest BCUT2D eigenvalue weighted by Crippen LogP contribution is -1.79. The van der Waals surface area contributed by atoms with E-state index < -0.39 is 0 Å². The van der Waals surface area contributed by atoms with E-state index in [-0.39, 0.29) is 0 Å². The van der Waals surface area contributed by atoms with Crippen molar-refractivity contribution in [2.45, 2.75) is 13.3 Å². The number of halogens is 2. The van der Waals surface area contributed by atoms with Crippen LogP contribution in [0.4, 0.5) is 0 Å². The Morgan fingerprint density at radius 1 is 1.56 bits per heavy atom. The SMILES string of the molecule is CCc1nc(Br)c(Br)[nH]1. The number of imidazole rings is 1. The first-order valence-corrected chi connectivity index (χ1v) is 4.22. The Morgan fingerprint density at radius 3 is 2.44 bits per heavy atom. The van der Waals surface area contributed by atoms with E-state index in [0.29, 0.717) is 0 Å². The van der Waals surface area contributed by atoms with Crippen molar-refractivity contribution in [3.8, 4) is 0 Å². The van der Waals surface area contributed by atoms with E-state index in [0.717, 1.165) is 21.5 Å². The van der Waals surface area contributed by atoms with Gasteiger partial charge in [-0.25, -0.2) is 4.98 Å². The molecule has 0 atom stereocenters. The van der Waals surface area contributed by atoms with Crippen LogP contribution in [-0.2, 0) is 6.42 Å². The maximum Gasteiger partial charge on any atom is 0.138 e. The normalized spacial score (nSPS) is 10.1. The third-order valence-electron chi connectivity index (χ3n) is 1.00. The standard InChI is InChI=1S/C5H6Br2N2/c1-2-3-8-4(6)5(7)9-3/h2H2,1H3,(H,8,9). The quantitative estimate of drug-likeness (QED) is 0.819. The van der Waals surface area contributed by atoms with Gasteiger partial charge in [-0.15, -0.1) is 0 Å². The van der Waals surface area contributed by atoms with E-state index in [4.69, 9.17) is 0 Å². The van der Waals surface area contributed by atoms with Gasteiger partial charge in [0.25, 0.3) is 0 Å². The van der Waals surface area contributed by atoms with Crippen molar-refractivity contribution in [2.24, 2.45) is 0 Å². The fourth-order valence-electron chi connectivity index (χ4n) is 0.541. The Kier molecular flexibility index (Phi) is 2.29. The van der Waals surface area contributed by atoms with Gasteiger partial charge < -0.3 is 4.98 Å². The summed E-state index contributed by atoms with van der Waals surface area (Å²) < 4.78 is 1.76. The van der Waals surface area contributed by atoms with Crippen molar-refractivity contribution in [1.29, 1.82) is 0 Å². The summed E-state index contributed by atoms with van der Waals surface area (Å²) in [4.78, 5) is 7.20. The number of aryl methyl sites for hydroxylation is 1. The lowest BCUT2D eigenvalue weighted by Gasteiger charge is -1.80. The molecule has 0 saturated carbocycles. The largest absolute Gasteiger partial charge is 0.336 e. The fourth-order valence-corrected chi connectivity index (χ4v) is 1.17. The van der Waals surface area contributed by atoms with Gasteiger partial charge in [0.2, 0.25) is 0 Å². The zero-order chi connectivity index (χ0) is 6.85. The summed E-state index contributed by atoms with van der Waals surface area (Å²) in [5, 5.41) is 0. The molecular formula is C5H6Br2N2. The molecule has 0 radical (unpaired) electrons. The maximum absolute atomic E-state index is 4.14. The van der Waals surface area contributed by atoms with E-state index in [9.17, 15) is 0 Å². The minimum absolute atomic E-state index is 0.847. The van der Waals surface area contributed by atoms with Gasteiger partial charge in [0.05, 0.1) is 0 Å². The molecular weight excluding hydrogens is 248 g/mol. The highest BCUT2D eigenvalue weighted by molar-refractivity contribution is 9.13. The fraction of sp³-hybridized carbons (Fsp3) is 0.400. The number of rotatable bonds is 1. The monoisotopic (exact) mass is 252 g/mol. The van der Waals surface area contributed by atoms with E-state index in [1.165, 1.54) is 0 Å². The highest BCUT2D eigenvalue weighted by Crippen LogP contribution is 2.19. The topological polar surface area (TPSA) is 28.7 Å². The molecule has 1 aromatic rings. The molecule has 0 aliphatic carbocycles. The van der Waals surface area contributed by atoms with Crippen molar-refractivity contribution in [3.63, 3.8) is 0 Å². The Labute approximate surface area is 70.3 Å². The summed E-state index contributed by atoms with van der Waals surface area (Å²) in [6, 6.07) is 0. The molecule has 1 rings (SSSR count). The molecule has 0 bridgehead atoms. The Morgan fingerprint density at radius 2 is 2.22 bits per heavy atom. The van der Waals surface area contributed by atoms with E-state index in [2.05, 4.69) is 48.8 Å². The van der Waals surface area contributed by atoms with E-state index >= 15 is 0 Å². The molecule has 4 heteroatoms. The predicted molar refractivity (Wildman–Crippen MR) is 43.4 cm³/mol. The van der Waals surface area contributed by atoms with E-state index in [1.807, 2.05) is 0 Å². The molecule has 2 nitrogen and oxygen atoms in total. The minimum atomic E-state index is 0.847. The lowest BCUT2D eigenvalue weighted by molar-refractivity contribution is 0.983. The number of hydrogen-bond acceptors (Lipinski definition) is 1. The summed E-state index contributed by atoms with van der Waals surface area (Å²) in [7, 11) is 0. The van der Waals surface area contributed by atoms with Crippen LogP contribution in [0.2, 0.25) is 0 Å². The number of H-pyrrole nitrogens is 1. The molecule has 1 heterocycles. The molecule has 0 aliphatic rings. The van der Waals surface area contributed by atoms with Crippen molar-refractivity contribution in [1.82, 2.24) is 9.97 Å². The smallest absolute Gasteiger partial charge is 0.138 e. The van der Waals surface area contributed by atoms with Crippen LogP contribution in [0.1, 0.15) is 12.7 Å². The first-order chi connectivity index (χ1) is 4.24. The Bertz CT molecular complexity index is 187. The molecule has 0 aromatic carbocycles. The van der Waals surface area contributed by atoms with Crippen LogP contribution in [0, 0.1) is 0 Å².